The summed E-state index contributed by atoms with van der Waals surface area (Å²) in [6, 6.07) is 5.21. The van der Waals surface area contributed by atoms with Crippen LogP contribution in [0.5, 0.6) is 0 Å². The van der Waals surface area contributed by atoms with E-state index in [2.05, 4.69) is 0 Å². The number of hydrogen-bond donors (Lipinski definition) is 0. The van der Waals surface area contributed by atoms with E-state index >= 15 is 0 Å². The first-order valence-electron chi connectivity index (χ1n) is 6.69. The zero-order valence-electron chi connectivity index (χ0n) is 11.4. The maximum atomic E-state index is 11.8. The van der Waals surface area contributed by atoms with Crippen LogP contribution in [0.15, 0.2) is 36.4 Å². The van der Waals surface area contributed by atoms with Gasteiger partial charge in [0.15, 0.2) is 12.4 Å². The molecule has 6 nitrogen and oxygen atoms in total. The second-order valence-corrected chi connectivity index (χ2v) is 4.80. The standard InChI is InChI=1S/C15H15NO5/c17-14(11-6-8-13(9-7-11)16(19)20)10-21-15(18)12-4-2-1-3-5-12/h2,4,6-9,12H,1,3,5,10H2/t12-/m0/s1. The van der Waals surface area contributed by atoms with Crippen LogP contribution in [0.25, 0.3) is 0 Å². The lowest BCUT2D eigenvalue weighted by Crippen LogP contribution is -2.21. The molecule has 0 radical (unpaired) electrons. The molecule has 0 fully saturated rings. The summed E-state index contributed by atoms with van der Waals surface area (Å²) < 4.78 is 5.00. The number of esters is 1. The third-order valence-corrected chi connectivity index (χ3v) is 3.30. The molecule has 0 aromatic heterocycles. The molecule has 2 rings (SSSR count). The number of Topliss-reactive ketones (excluding diaryl/α,β-unsaturated/α-hetero) is 1. The number of carbonyl (C=O) groups is 2. The number of carbonyl (C=O) groups excluding carboxylic acids is 2. The van der Waals surface area contributed by atoms with Crippen LogP contribution < -0.4 is 0 Å². The Morgan fingerprint density at radius 1 is 1.29 bits per heavy atom. The SMILES string of the molecule is O=C(COC(=O)[C@H]1C=CCCC1)c1ccc([N+](=O)[O-])cc1. The average Bonchev–Trinajstić information content (AvgIpc) is 2.53. The first-order valence-corrected chi connectivity index (χ1v) is 6.69. The van der Waals surface area contributed by atoms with E-state index in [-0.39, 0.29) is 29.6 Å². The van der Waals surface area contributed by atoms with Crippen LogP contribution in [-0.2, 0) is 9.53 Å². The molecule has 1 aliphatic carbocycles. The van der Waals surface area contributed by atoms with Gasteiger partial charge >= 0.3 is 5.97 Å². The molecule has 0 N–H and O–H groups in total. The van der Waals surface area contributed by atoms with Gasteiger partial charge in [-0.3, -0.25) is 19.7 Å². The van der Waals surface area contributed by atoms with Gasteiger partial charge in [-0.25, -0.2) is 0 Å². The highest BCUT2D eigenvalue weighted by atomic mass is 16.6. The highest BCUT2D eigenvalue weighted by Crippen LogP contribution is 2.18. The molecular weight excluding hydrogens is 274 g/mol. The van der Waals surface area contributed by atoms with Crippen molar-refractivity contribution in [1.29, 1.82) is 0 Å². The number of ketones is 1. The van der Waals surface area contributed by atoms with E-state index in [0.29, 0.717) is 0 Å². The van der Waals surface area contributed by atoms with E-state index < -0.39 is 10.9 Å². The van der Waals surface area contributed by atoms with Crippen molar-refractivity contribution in [3.05, 3.63) is 52.1 Å². The van der Waals surface area contributed by atoms with Gasteiger partial charge in [0.2, 0.25) is 0 Å². The van der Waals surface area contributed by atoms with Crippen LogP contribution in [0.1, 0.15) is 29.6 Å². The lowest BCUT2D eigenvalue weighted by Gasteiger charge is -2.14. The van der Waals surface area contributed by atoms with E-state index in [1.165, 1.54) is 24.3 Å². The van der Waals surface area contributed by atoms with Gasteiger partial charge < -0.3 is 4.74 Å². The molecule has 1 atom stereocenters. The molecule has 0 unspecified atom stereocenters. The minimum Gasteiger partial charge on any atom is -0.457 e. The van der Waals surface area contributed by atoms with Crippen molar-refractivity contribution in [2.75, 3.05) is 6.61 Å². The van der Waals surface area contributed by atoms with E-state index in [0.717, 1.165) is 19.3 Å². The normalized spacial score (nSPS) is 17.2. The minimum absolute atomic E-state index is 0.0871. The largest absolute Gasteiger partial charge is 0.457 e. The summed E-state index contributed by atoms with van der Waals surface area (Å²) in [7, 11) is 0. The Morgan fingerprint density at radius 3 is 2.57 bits per heavy atom. The molecule has 0 saturated carbocycles. The molecule has 0 aliphatic heterocycles. The fourth-order valence-corrected chi connectivity index (χ4v) is 2.10. The molecule has 6 heteroatoms. The summed E-state index contributed by atoms with van der Waals surface area (Å²) >= 11 is 0. The smallest absolute Gasteiger partial charge is 0.313 e. The van der Waals surface area contributed by atoms with E-state index in [1.54, 1.807) is 0 Å². The summed E-state index contributed by atoms with van der Waals surface area (Å²) in [5, 5.41) is 10.5. The number of nitrogens with zero attached hydrogens (tertiary/aromatic N) is 1. The van der Waals surface area contributed by atoms with Crippen molar-refractivity contribution in [3.8, 4) is 0 Å². The molecule has 0 amide bonds. The number of non-ortho nitro benzene ring substituents is 1. The lowest BCUT2D eigenvalue weighted by molar-refractivity contribution is -0.384. The number of nitro benzene ring substituents is 1. The second-order valence-electron chi connectivity index (χ2n) is 4.80. The molecule has 0 saturated heterocycles. The molecule has 110 valence electrons. The Labute approximate surface area is 121 Å². The molecule has 0 heterocycles. The lowest BCUT2D eigenvalue weighted by atomic mass is 9.96. The van der Waals surface area contributed by atoms with Gasteiger partial charge in [-0.05, 0) is 31.4 Å². The Bertz CT molecular complexity index is 576. The van der Waals surface area contributed by atoms with Crippen LogP contribution in [0.4, 0.5) is 5.69 Å². The van der Waals surface area contributed by atoms with Gasteiger partial charge in [-0.2, -0.15) is 0 Å². The maximum absolute atomic E-state index is 11.8. The van der Waals surface area contributed by atoms with Crippen molar-refractivity contribution in [2.24, 2.45) is 5.92 Å². The summed E-state index contributed by atoms with van der Waals surface area (Å²) in [5.74, 6) is -1.05. The third kappa shape index (κ3) is 3.98. The Morgan fingerprint density at radius 2 is 2.00 bits per heavy atom. The summed E-state index contributed by atoms with van der Waals surface area (Å²) in [6.07, 6.45) is 6.38. The van der Waals surface area contributed by atoms with Crippen LogP contribution >= 0.6 is 0 Å². The first kappa shape index (κ1) is 14.9. The van der Waals surface area contributed by atoms with E-state index in [9.17, 15) is 19.7 Å². The zero-order valence-corrected chi connectivity index (χ0v) is 11.4. The predicted octanol–water partition coefficient (Wildman–Crippen LogP) is 2.68. The molecule has 1 aliphatic rings. The molecule has 0 spiro atoms. The predicted molar refractivity (Wildman–Crippen MR) is 74.9 cm³/mol. The number of hydrogen-bond acceptors (Lipinski definition) is 5. The fourth-order valence-electron chi connectivity index (χ4n) is 2.10. The molecule has 1 aromatic rings. The van der Waals surface area contributed by atoms with Crippen molar-refractivity contribution in [1.82, 2.24) is 0 Å². The van der Waals surface area contributed by atoms with Crippen LogP contribution in [0.3, 0.4) is 0 Å². The van der Waals surface area contributed by atoms with Crippen LogP contribution in [-0.4, -0.2) is 23.3 Å². The topological polar surface area (TPSA) is 86.5 Å². The van der Waals surface area contributed by atoms with Crippen LogP contribution in [0, 0.1) is 16.0 Å². The number of allylic oxidation sites excluding steroid dienone is 1. The molecule has 0 bridgehead atoms. The highest BCUT2D eigenvalue weighted by Gasteiger charge is 2.20. The molecule has 1 aromatic carbocycles. The summed E-state index contributed by atoms with van der Waals surface area (Å²) in [6.45, 7) is -0.346. The van der Waals surface area contributed by atoms with Gasteiger partial charge in [0.05, 0.1) is 10.8 Å². The van der Waals surface area contributed by atoms with Gasteiger partial charge in [0.1, 0.15) is 0 Å². The van der Waals surface area contributed by atoms with Gasteiger partial charge in [0.25, 0.3) is 5.69 Å². The quantitative estimate of drug-likeness (QED) is 0.273. The van der Waals surface area contributed by atoms with Crippen molar-refractivity contribution < 1.29 is 19.2 Å². The Balaban J connectivity index is 1.89. The van der Waals surface area contributed by atoms with Crippen LogP contribution in [0.2, 0.25) is 0 Å². The average molecular weight is 289 g/mol. The summed E-state index contributed by atoms with van der Waals surface area (Å²) in [5.41, 5.74) is 0.198. The zero-order chi connectivity index (χ0) is 15.2. The summed E-state index contributed by atoms with van der Waals surface area (Å²) in [4.78, 5) is 33.6. The van der Waals surface area contributed by atoms with Crippen molar-refractivity contribution in [3.63, 3.8) is 0 Å². The molecule has 21 heavy (non-hydrogen) atoms. The van der Waals surface area contributed by atoms with Crippen molar-refractivity contribution >= 4 is 17.4 Å². The number of rotatable bonds is 5. The van der Waals surface area contributed by atoms with E-state index in [4.69, 9.17) is 4.74 Å². The third-order valence-electron chi connectivity index (χ3n) is 3.30. The minimum atomic E-state index is -0.538. The number of ether oxygens (including phenoxy) is 1. The fraction of sp³-hybridized carbons (Fsp3) is 0.333. The number of nitro groups is 1. The Kier molecular flexibility index (Phi) is 4.81. The molecular formula is C15H15NO5. The monoisotopic (exact) mass is 289 g/mol. The van der Waals surface area contributed by atoms with Gasteiger partial charge in [0, 0.05) is 17.7 Å². The highest BCUT2D eigenvalue weighted by molar-refractivity contribution is 5.98. The maximum Gasteiger partial charge on any atom is 0.313 e. The first-order chi connectivity index (χ1) is 10.1. The van der Waals surface area contributed by atoms with Crippen molar-refractivity contribution in [2.45, 2.75) is 19.3 Å². The van der Waals surface area contributed by atoms with Gasteiger partial charge in [-0.15, -0.1) is 0 Å². The van der Waals surface area contributed by atoms with Gasteiger partial charge in [-0.1, -0.05) is 12.2 Å². The number of benzene rings is 1. The second kappa shape index (κ2) is 6.78. The van der Waals surface area contributed by atoms with E-state index in [1.807, 2.05) is 12.2 Å². The Hall–Kier alpha value is -2.50.